The first kappa shape index (κ1) is 11.5. The Morgan fingerprint density at radius 2 is 1.69 bits per heavy atom. The monoisotopic (exact) mass is 229 g/mol. The van der Waals surface area contributed by atoms with Crippen molar-refractivity contribution in [1.29, 1.82) is 0 Å². The second kappa shape index (κ2) is 3.48. The van der Waals surface area contributed by atoms with E-state index in [1.54, 1.807) is 0 Å². The highest BCUT2D eigenvalue weighted by Crippen LogP contribution is 2.64. The maximum absolute atomic E-state index is 13.5. The van der Waals surface area contributed by atoms with E-state index in [1.165, 1.54) is 0 Å². The molecular weight excluding hydrogens is 215 g/mol. The second-order valence-electron chi connectivity index (χ2n) is 4.92. The number of hydrogen-bond donors (Lipinski definition) is 1. The molecule has 1 aliphatic rings. The van der Waals surface area contributed by atoms with Crippen LogP contribution in [0.3, 0.4) is 0 Å². The molecule has 0 bridgehead atoms. The van der Waals surface area contributed by atoms with Crippen molar-refractivity contribution in [3.05, 3.63) is 35.1 Å². The molecule has 0 saturated heterocycles. The highest BCUT2D eigenvalue weighted by Gasteiger charge is 2.59. The van der Waals surface area contributed by atoms with Crippen LogP contribution in [0, 0.1) is 28.8 Å². The first-order valence-electron chi connectivity index (χ1n) is 5.24. The van der Waals surface area contributed by atoms with Crippen LogP contribution in [0.4, 0.5) is 13.2 Å². The highest BCUT2D eigenvalue weighted by molar-refractivity contribution is 5.34. The standard InChI is InChI=1S/C12H14F3N/c1-12(2)7(5-16)11(12)10-8(14)3-6(13)4-9(10)15/h3-4,7,11H,5,16H2,1-2H3. The molecule has 0 aromatic heterocycles. The molecule has 0 amide bonds. The fourth-order valence-electron chi connectivity index (χ4n) is 2.61. The van der Waals surface area contributed by atoms with Gasteiger partial charge in [-0.3, -0.25) is 0 Å². The lowest BCUT2D eigenvalue weighted by molar-refractivity contribution is 0.507. The molecule has 0 heterocycles. The summed E-state index contributed by atoms with van der Waals surface area (Å²) in [5, 5.41) is 0. The van der Waals surface area contributed by atoms with Gasteiger partial charge in [-0.15, -0.1) is 0 Å². The van der Waals surface area contributed by atoms with E-state index < -0.39 is 17.5 Å². The van der Waals surface area contributed by atoms with Crippen molar-refractivity contribution in [1.82, 2.24) is 0 Å². The Labute approximate surface area is 92.5 Å². The van der Waals surface area contributed by atoms with Gasteiger partial charge in [0.25, 0.3) is 0 Å². The summed E-state index contributed by atoms with van der Waals surface area (Å²) in [4.78, 5) is 0. The van der Waals surface area contributed by atoms with Gasteiger partial charge in [-0.25, -0.2) is 13.2 Å². The van der Waals surface area contributed by atoms with E-state index in [1.807, 2.05) is 13.8 Å². The third-order valence-corrected chi connectivity index (χ3v) is 3.66. The van der Waals surface area contributed by atoms with Crippen LogP contribution in [0.2, 0.25) is 0 Å². The summed E-state index contributed by atoms with van der Waals surface area (Å²) in [6.45, 7) is 4.21. The first-order chi connectivity index (χ1) is 7.39. The van der Waals surface area contributed by atoms with Crippen LogP contribution >= 0.6 is 0 Å². The molecule has 2 rings (SSSR count). The minimum atomic E-state index is -0.887. The molecule has 2 N–H and O–H groups in total. The van der Waals surface area contributed by atoms with Gasteiger partial charge in [0.05, 0.1) is 0 Å². The maximum atomic E-state index is 13.5. The van der Waals surface area contributed by atoms with E-state index in [2.05, 4.69) is 0 Å². The van der Waals surface area contributed by atoms with Gasteiger partial charge >= 0.3 is 0 Å². The fourth-order valence-corrected chi connectivity index (χ4v) is 2.61. The number of halogens is 3. The third-order valence-electron chi connectivity index (χ3n) is 3.66. The molecule has 1 fully saturated rings. The normalized spacial score (nSPS) is 26.9. The van der Waals surface area contributed by atoms with Crippen LogP contribution in [-0.2, 0) is 0 Å². The summed E-state index contributed by atoms with van der Waals surface area (Å²) < 4.78 is 39.8. The van der Waals surface area contributed by atoms with Gasteiger partial charge in [0.15, 0.2) is 0 Å². The molecule has 1 saturated carbocycles. The molecule has 0 spiro atoms. The number of benzene rings is 1. The summed E-state index contributed by atoms with van der Waals surface area (Å²) in [6, 6.07) is 1.45. The molecule has 4 heteroatoms. The van der Waals surface area contributed by atoms with Crippen LogP contribution in [0.25, 0.3) is 0 Å². The molecule has 1 nitrogen and oxygen atoms in total. The van der Waals surface area contributed by atoms with Gasteiger partial charge in [-0.05, 0) is 23.8 Å². The van der Waals surface area contributed by atoms with Gasteiger partial charge in [0, 0.05) is 17.7 Å². The summed E-state index contributed by atoms with van der Waals surface area (Å²) in [5.41, 5.74) is 5.31. The van der Waals surface area contributed by atoms with Crippen molar-refractivity contribution in [2.24, 2.45) is 17.1 Å². The quantitative estimate of drug-likeness (QED) is 0.829. The van der Waals surface area contributed by atoms with Gasteiger partial charge in [-0.1, -0.05) is 13.8 Å². The van der Waals surface area contributed by atoms with Crippen molar-refractivity contribution in [2.75, 3.05) is 6.54 Å². The number of rotatable bonds is 2. The molecule has 2 atom stereocenters. The Hall–Kier alpha value is -1.03. The van der Waals surface area contributed by atoms with Gasteiger partial charge < -0.3 is 5.73 Å². The average molecular weight is 229 g/mol. The van der Waals surface area contributed by atoms with Crippen LogP contribution in [-0.4, -0.2) is 6.54 Å². The van der Waals surface area contributed by atoms with Crippen molar-refractivity contribution < 1.29 is 13.2 Å². The second-order valence-corrected chi connectivity index (χ2v) is 4.92. The third kappa shape index (κ3) is 1.52. The van der Waals surface area contributed by atoms with Crippen molar-refractivity contribution in [2.45, 2.75) is 19.8 Å². The summed E-state index contributed by atoms with van der Waals surface area (Å²) in [5.74, 6) is -2.71. The minimum absolute atomic E-state index is 0.0261. The van der Waals surface area contributed by atoms with E-state index in [4.69, 9.17) is 5.73 Å². The minimum Gasteiger partial charge on any atom is -0.330 e. The Kier molecular flexibility index (Phi) is 2.49. The Morgan fingerprint density at radius 3 is 2.06 bits per heavy atom. The molecule has 1 aromatic carbocycles. The highest BCUT2D eigenvalue weighted by atomic mass is 19.1. The predicted octanol–water partition coefficient (Wildman–Crippen LogP) is 2.80. The van der Waals surface area contributed by atoms with E-state index in [0.29, 0.717) is 6.54 Å². The lowest BCUT2D eigenvalue weighted by atomic mass is 10.0. The average Bonchev–Trinajstić information content (AvgIpc) is 2.66. The van der Waals surface area contributed by atoms with Crippen LogP contribution in [0.1, 0.15) is 25.3 Å². The zero-order chi connectivity index (χ0) is 12.1. The zero-order valence-corrected chi connectivity index (χ0v) is 9.23. The van der Waals surface area contributed by atoms with Gasteiger partial charge in [-0.2, -0.15) is 0 Å². The predicted molar refractivity (Wildman–Crippen MR) is 55.4 cm³/mol. The Bertz CT molecular complexity index is 405. The van der Waals surface area contributed by atoms with Gasteiger partial charge in [0.1, 0.15) is 17.5 Å². The van der Waals surface area contributed by atoms with Crippen molar-refractivity contribution >= 4 is 0 Å². The van der Waals surface area contributed by atoms with E-state index in [-0.39, 0.29) is 22.8 Å². The number of hydrogen-bond acceptors (Lipinski definition) is 1. The van der Waals surface area contributed by atoms with Crippen LogP contribution < -0.4 is 5.73 Å². The molecule has 88 valence electrons. The topological polar surface area (TPSA) is 26.0 Å². The maximum Gasteiger partial charge on any atom is 0.132 e. The van der Waals surface area contributed by atoms with Crippen LogP contribution in [0.15, 0.2) is 12.1 Å². The summed E-state index contributed by atoms with van der Waals surface area (Å²) in [6.07, 6.45) is 0. The summed E-state index contributed by atoms with van der Waals surface area (Å²) >= 11 is 0. The first-order valence-corrected chi connectivity index (χ1v) is 5.24. The lowest BCUT2D eigenvalue weighted by Crippen LogP contribution is -2.05. The van der Waals surface area contributed by atoms with Crippen molar-refractivity contribution in [3.63, 3.8) is 0 Å². The SMILES string of the molecule is CC1(C)C(CN)C1c1c(F)cc(F)cc1F. The molecular formula is C12H14F3N. The Morgan fingerprint density at radius 1 is 1.19 bits per heavy atom. The molecule has 0 radical (unpaired) electrons. The summed E-state index contributed by atoms with van der Waals surface area (Å²) in [7, 11) is 0. The number of nitrogens with two attached hydrogens (primary N) is 1. The van der Waals surface area contributed by atoms with E-state index in [9.17, 15) is 13.2 Å². The van der Waals surface area contributed by atoms with Crippen LogP contribution in [0.5, 0.6) is 0 Å². The largest absolute Gasteiger partial charge is 0.330 e. The van der Waals surface area contributed by atoms with Crippen molar-refractivity contribution in [3.8, 4) is 0 Å². The molecule has 1 aromatic rings. The molecule has 2 unspecified atom stereocenters. The van der Waals surface area contributed by atoms with Gasteiger partial charge in [0.2, 0.25) is 0 Å². The van der Waals surface area contributed by atoms with E-state index >= 15 is 0 Å². The Balaban J connectivity index is 2.44. The lowest BCUT2D eigenvalue weighted by Gasteiger charge is -2.06. The fraction of sp³-hybridized carbons (Fsp3) is 0.500. The molecule has 1 aliphatic carbocycles. The zero-order valence-electron chi connectivity index (χ0n) is 9.23. The molecule has 16 heavy (non-hydrogen) atoms. The van der Waals surface area contributed by atoms with E-state index in [0.717, 1.165) is 12.1 Å². The molecule has 0 aliphatic heterocycles. The smallest absolute Gasteiger partial charge is 0.132 e.